The van der Waals surface area contributed by atoms with Crippen LogP contribution in [0.15, 0.2) is 48.5 Å². The number of hydrogen-bond donors (Lipinski definition) is 1. The minimum absolute atomic E-state index is 0.0803. The van der Waals surface area contributed by atoms with E-state index in [1.165, 1.54) is 6.92 Å². The maximum Gasteiger partial charge on any atom is 0.312 e. The molecule has 1 aliphatic heterocycles. The zero-order valence-electron chi connectivity index (χ0n) is 17.0. The second kappa shape index (κ2) is 8.90. The standard InChI is InChI=1S/C23H26N2O4/c1-15-9-10-16(2)20(11-15)24-22(27)17(3)29-23(28)19-12-21(26)25(14-19)13-18-7-5-4-6-8-18/h4-11,17,19H,12-14H2,1-3H3,(H,24,27)/t17-,19-/m0/s1. The minimum Gasteiger partial charge on any atom is -0.452 e. The Hall–Kier alpha value is -3.15. The van der Waals surface area contributed by atoms with Gasteiger partial charge in [-0.1, -0.05) is 42.5 Å². The van der Waals surface area contributed by atoms with Crippen molar-refractivity contribution in [3.8, 4) is 0 Å². The zero-order chi connectivity index (χ0) is 21.0. The molecule has 1 saturated heterocycles. The van der Waals surface area contributed by atoms with E-state index >= 15 is 0 Å². The molecule has 1 fully saturated rings. The number of ether oxygens (including phenoxy) is 1. The summed E-state index contributed by atoms with van der Waals surface area (Å²) in [5.41, 5.74) is 3.66. The number of amides is 2. The molecule has 0 aliphatic carbocycles. The predicted molar refractivity (Wildman–Crippen MR) is 110 cm³/mol. The van der Waals surface area contributed by atoms with Gasteiger partial charge in [0, 0.05) is 25.2 Å². The molecule has 29 heavy (non-hydrogen) atoms. The van der Waals surface area contributed by atoms with Gasteiger partial charge < -0.3 is 15.0 Å². The fourth-order valence-corrected chi connectivity index (χ4v) is 3.32. The molecule has 2 aromatic carbocycles. The van der Waals surface area contributed by atoms with Crippen LogP contribution in [0.25, 0.3) is 0 Å². The number of benzene rings is 2. The summed E-state index contributed by atoms with van der Waals surface area (Å²) >= 11 is 0. The van der Waals surface area contributed by atoms with Crippen LogP contribution in [-0.2, 0) is 25.7 Å². The molecule has 152 valence electrons. The molecule has 6 nitrogen and oxygen atoms in total. The Labute approximate surface area is 170 Å². The third-order valence-electron chi connectivity index (χ3n) is 5.08. The van der Waals surface area contributed by atoms with Gasteiger partial charge in [0.25, 0.3) is 5.91 Å². The van der Waals surface area contributed by atoms with Gasteiger partial charge in [-0.05, 0) is 43.5 Å². The molecule has 0 aromatic heterocycles. The van der Waals surface area contributed by atoms with Crippen LogP contribution in [0.4, 0.5) is 5.69 Å². The van der Waals surface area contributed by atoms with Gasteiger partial charge in [-0.25, -0.2) is 0 Å². The van der Waals surface area contributed by atoms with Gasteiger partial charge in [-0.15, -0.1) is 0 Å². The zero-order valence-corrected chi connectivity index (χ0v) is 17.0. The van der Waals surface area contributed by atoms with E-state index in [2.05, 4.69) is 5.32 Å². The summed E-state index contributed by atoms with van der Waals surface area (Å²) in [6.07, 6.45) is -0.836. The molecule has 0 spiro atoms. The van der Waals surface area contributed by atoms with Crippen LogP contribution in [0.1, 0.15) is 30.0 Å². The van der Waals surface area contributed by atoms with Crippen molar-refractivity contribution in [3.05, 3.63) is 65.2 Å². The molecule has 2 atom stereocenters. The fraction of sp³-hybridized carbons (Fsp3) is 0.348. The molecule has 0 saturated carbocycles. The monoisotopic (exact) mass is 394 g/mol. The second-order valence-electron chi connectivity index (χ2n) is 7.55. The topological polar surface area (TPSA) is 75.7 Å². The van der Waals surface area contributed by atoms with E-state index < -0.39 is 23.9 Å². The third kappa shape index (κ3) is 5.22. The molecular weight excluding hydrogens is 368 g/mol. The summed E-state index contributed by atoms with van der Waals surface area (Å²) in [7, 11) is 0. The maximum absolute atomic E-state index is 12.5. The van der Waals surface area contributed by atoms with Gasteiger partial charge in [0.15, 0.2) is 6.10 Å². The Morgan fingerprint density at radius 2 is 1.90 bits per heavy atom. The van der Waals surface area contributed by atoms with Crippen molar-refractivity contribution >= 4 is 23.5 Å². The summed E-state index contributed by atoms with van der Waals surface area (Å²) in [6, 6.07) is 15.4. The lowest BCUT2D eigenvalue weighted by molar-refractivity contribution is -0.157. The van der Waals surface area contributed by atoms with Crippen LogP contribution in [0, 0.1) is 19.8 Å². The normalized spacial score (nSPS) is 17.1. The Morgan fingerprint density at radius 3 is 2.62 bits per heavy atom. The number of carbonyl (C=O) groups is 3. The number of nitrogens with one attached hydrogen (secondary N) is 1. The second-order valence-corrected chi connectivity index (χ2v) is 7.55. The van der Waals surface area contributed by atoms with Gasteiger partial charge in [-0.2, -0.15) is 0 Å². The van der Waals surface area contributed by atoms with Crippen LogP contribution < -0.4 is 5.32 Å². The SMILES string of the molecule is Cc1ccc(C)c(NC(=O)[C@H](C)OC(=O)[C@H]2CC(=O)N(Cc3ccccc3)C2)c1. The summed E-state index contributed by atoms with van der Waals surface area (Å²) in [4.78, 5) is 38.8. The van der Waals surface area contributed by atoms with Gasteiger partial charge in [0.05, 0.1) is 5.92 Å². The number of aryl methyl sites for hydroxylation is 2. The van der Waals surface area contributed by atoms with Gasteiger partial charge in [0.1, 0.15) is 0 Å². The number of anilines is 1. The molecule has 0 radical (unpaired) electrons. The van der Waals surface area contributed by atoms with Crippen LogP contribution in [0.3, 0.4) is 0 Å². The number of hydrogen-bond acceptors (Lipinski definition) is 4. The molecule has 2 amide bonds. The van der Waals surface area contributed by atoms with Crippen LogP contribution in [-0.4, -0.2) is 35.3 Å². The summed E-state index contributed by atoms with van der Waals surface area (Å²) in [5.74, 6) is -1.54. The van der Waals surface area contributed by atoms with Gasteiger partial charge >= 0.3 is 5.97 Å². The van der Waals surface area contributed by atoms with Crippen LogP contribution >= 0.6 is 0 Å². The first-order chi connectivity index (χ1) is 13.8. The summed E-state index contributed by atoms with van der Waals surface area (Å²) < 4.78 is 5.36. The first-order valence-corrected chi connectivity index (χ1v) is 9.74. The number of esters is 1. The first kappa shape index (κ1) is 20.6. The lowest BCUT2D eigenvalue weighted by atomic mass is 10.1. The van der Waals surface area contributed by atoms with E-state index in [-0.39, 0.29) is 12.3 Å². The molecular formula is C23H26N2O4. The number of nitrogens with zero attached hydrogens (tertiary/aromatic N) is 1. The van der Waals surface area contributed by atoms with Crippen molar-refractivity contribution in [1.29, 1.82) is 0 Å². The van der Waals surface area contributed by atoms with Crippen molar-refractivity contribution in [2.45, 2.75) is 39.8 Å². The van der Waals surface area contributed by atoms with E-state index in [1.807, 2.05) is 62.4 Å². The largest absolute Gasteiger partial charge is 0.452 e. The highest BCUT2D eigenvalue weighted by Crippen LogP contribution is 2.22. The molecule has 3 rings (SSSR count). The minimum atomic E-state index is -0.944. The van der Waals surface area contributed by atoms with Gasteiger partial charge in [-0.3, -0.25) is 14.4 Å². The molecule has 1 aliphatic rings. The van der Waals surface area contributed by atoms with E-state index in [9.17, 15) is 14.4 Å². The molecule has 6 heteroatoms. The van der Waals surface area contributed by atoms with Crippen molar-refractivity contribution in [3.63, 3.8) is 0 Å². The first-order valence-electron chi connectivity index (χ1n) is 9.74. The lowest BCUT2D eigenvalue weighted by Gasteiger charge is -2.18. The smallest absolute Gasteiger partial charge is 0.312 e. The highest BCUT2D eigenvalue weighted by Gasteiger charge is 2.36. The van der Waals surface area contributed by atoms with Crippen LogP contribution in [0.2, 0.25) is 0 Å². The maximum atomic E-state index is 12.5. The highest BCUT2D eigenvalue weighted by molar-refractivity contribution is 5.96. The summed E-state index contributed by atoms with van der Waals surface area (Å²) in [5, 5.41) is 2.80. The summed E-state index contributed by atoms with van der Waals surface area (Å²) in [6.45, 7) is 6.15. The molecule has 1 heterocycles. The average Bonchev–Trinajstić information content (AvgIpc) is 3.06. The van der Waals surface area contributed by atoms with Crippen molar-refractivity contribution < 1.29 is 19.1 Å². The molecule has 2 aromatic rings. The molecule has 0 bridgehead atoms. The van der Waals surface area contributed by atoms with Crippen molar-refractivity contribution in [2.24, 2.45) is 5.92 Å². The third-order valence-corrected chi connectivity index (χ3v) is 5.08. The Balaban J connectivity index is 1.54. The van der Waals surface area contributed by atoms with E-state index in [4.69, 9.17) is 4.74 Å². The average molecular weight is 394 g/mol. The Kier molecular flexibility index (Phi) is 6.32. The van der Waals surface area contributed by atoms with Crippen molar-refractivity contribution in [1.82, 2.24) is 4.90 Å². The number of carbonyl (C=O) groups excluding carboxylic acids is 3. The van der Waals surface area contributed by atoms with Crippen molar-refractivity contribution in [2.75, 3.05) is 11.9 Å². The lowest BCUT2D eigenvalue weighted by Crippen LogP contribution is -2.33. The highest BCUT2D eigenvalue weighted by atomic mass is 16.5. The quantitative estimate of drug-likeness (QED) is 0.764. The Bertz CT molecular complexity index is 910. The fourth-order valence-electron chi connectivity index (χ4n) is 3.32. The van der Waals surface area contributed by atoms with E-state index in [1.54, 1.807) is 4.90 Å². The molecule has 1 N–H and O–H groups in total. The number of likely N-dealkylation sites (tertiary alicyclic amines) is 1. The predicted octanol–water partition coefficient (Wildman–Crippen LogP) is 3.22. The van der Waals surface area contributed by atoms with Crippen LogP contribution in [0.5, 0.6) is 0 Å². The number of rotatable bonds is 6. The van der Waals surface area contributed by atoms with Gasteiger partial charge in [0.2, 0.25) is 5.91 Å². The van der Waals surface area contributed by atoms with E-state index in [0.717, 1.165) is 16.7 Å². The Morgan fingerprint density at radius 1 is 1.17 bits per heavy atom. The van der Waals surface area contributed by atoms with E-state index in [0.29, 0.717) is 18.8 Å². The molecule has 0 unspecified atom stereocenters.